The van der Waals surface area contributed by atoms with E-state index in [4.69, 9.17) is 0 Å². The second-order valence-corrected chi connectivity index (χ2v) is 6.70. The molecule has 1 aliphatic rings. The average molecular weight is 310 g/mol. The molecule has 1 aromatic rings. The Bertz CT molecular complexity index is 432. The molecular formula is C15H20BrNO. The van der Waals surface area contributed by atoms with Gasteiger partial charge in [0.15, 0.2) is 5.78 Å². The zero-order chi connectivity index (χ0) is 13.2. The Kier molecular flexibility index (Phi) is 4.23. The van der Waals surface area contributed by atoms with E-state index in [1.54, 1.807) is 0 Å². The van der Waals surface area contributed by atoms with Crippen molar-refractivity contribution in [2.24, 2.45) is 5.41 Å². The number of hydrogen-bond acceptors (Lipinski definition) is 2. The minimum Gasteiger partial charge on any atom is -0.296 e. The normalized spacial score (nSPS) is 19.7. The van der Waals surface area contributed by atoms with Gasteiger partial charge in [0, 0.05) is 10.0 Å². The summed E-state index contributed by atoms with van der Waals surface area (Å²) in [6, 6.07) is 7.66. The van der Waals surface area contributed by atoms with Crippen LogP contribution in [0.3, 0.4) is 0 Å². The Hall–Kier alpha value is -0.670. The number of carbonyl (C=O) groups excluding carboxylic acids is 1. The third-order valence-corrected chi connectivity index (χ3v) is 4.44. The topological polar surface area (TPSA) is 20.3 Å². The monoisotopic (exact) mass is 309 g/mol. The molecular weight excluding hydrogens is 290 g/mol. The van der Waals surface area contributed by atoms with Crippen LogP contribution in [-0.2, 0) is 0 Å². The molecule has 1 aromatic carbocycles. The van der Waals surface area contributed by atoms with Crippen LogP contribution in [0, 0.1) is 5.41 Å². The van der Waals surface area contributed by atoms with Crippen LogP contribution in [0.25, 0.3) is 0 Å². The van der Waals surface area contributed by atoms with Crippen LogP contribution in [0.15, 0.2) is 28.7 Å². The van der Waals surface area contributed by atoms with E-state index in [0.717, 1.165) is 23.1 Å². The highest BCUT2D eigenvalue weighted by Gasteiger charge is 2.26. The van der Waals surface area contributed by atoms with Crippen molar-refractivity contribution >= 4 is 21.7 Å². The van der Waals surface area contributed by atoms with Crippen LogP contribution in [0.5, 0.6) is 0 Å². The van der Waals surface area contributed by atoms with E-state index in [2.05, 4.69) is 34.7 Å². The Morgan fingerprint density at radius 2 is 1.89 bits per heavy atom. The largest absolute Gasteiger partial charge is 0.296 e. The Morgan fingerprint density at radius 1 is 1.28 bits per heavy atom. The fraction of sp³-hybridized carbons (Fsp3) is 0.533. The van der Waals surface area contributed by atoms with E-state index < -0.39 is 0 Å². The number of piperidine rings is 1. The molecule has 1 fully saturated rings. The summed E-state index contributed by atoms with van der Waals surface area (Å²) < 4.78 is 0.896. The summed E-state index contributed by atoms with van der Waals surface area (Å²) in [4.78, 5) is 14.5. The number of nitrogens with zero attached hydrogens (tertiary/aromatic N) is 1. The molecule has 0 aromatic heterocycles. The molecule has 0 bridgehead atoms. The number of halogens is 1. The number of Topliss-reactive ketones (excluding diaryl/α,β-unsaturated/α-hetero) is 1. The lowest BCUT2D eigenvalue weighted by Crippen LogP contribution is -2.40. The zero-order valence-electron chi connectivity index (χ0n) is 11.1. The first kappa shape index (κ1) is 13.8. The van der Waals surface area contributed by atoms with Gasteiger partial charge in [0.2, 0.25) is 0 Å². The molecule has 0 spiro atoms. The van der Waals surface area contributed by atoms with Crippen molar-refractivity contribution in [3.63, 3.8) is 0 Å². The number of rotatable bonds is 3. The van der Waals surface area contributed by atoms with Gasteiger partial charge in [-0.05, 0) is 37.4 Å². The van der Waals surface area contributed by atoms with E-state index in [-0.39, 0.29) is 5.78 Å². The molecule has 1 heterocycles. The van der Waals surface area contributed by atoms with Gasteiger partial charge in [0.1, 0.15) is 0 Å². The van der Waals surface area contributed by atoms with Crippen molar-refractivity contribution in [3.8, 4) is 0 Å². The highest BCUT2D eigenvalue weighted by Crippen LogP contribution is 2.29. The smallest absolute Gasteiger partial charge is 0.177 e. The molecule has 3 heteroatoms. The van der Waals surface area contributed by atoms with E-state index in [9.17, 15) is 4.79 Å². The maximum atomic E-state index is 12.2. The predicted octanol–water partition coefficient (Wildman–Crippen LogP) is 3.75. The molecule has 0 radical (unpaired) electrons. The van der Waals surface area contributed by atoms with Gasteiger partial charge in [0.05, 0.1) is 6.54 Å². The number of ketones is 1. The molecule has 2 rings (SSSR count). The van der Waals surface area contributed by atoms with Crippen LogP contribution in [0.2, 0.25) is 0 Å². The minimum atomic E-state index is 0.210. The fourth-order valence-electron chi connectivity index (χ4n) is 2.29. The van der Waals surface area contributed by atoms with Crippen LogP contribution in [-0.4, -0.2) is 30.3 Å². The number of benzene rings is 1. The lowest BCUT2D eigenvalue weighted by atomic mass is 9.82. The molecule has 1 aliphatic heterocycles. The quantitative estimate of drug-likeness (QED) is 0.793. The number of carbonyl (C=O) groups is 1. The zero-order valence-corrected chi connectivity index (χ0v) is 12.7. The van der Waals surface area contributed by atoms with Gasteiger partial charge in [-0.15, -0.1) is 0 Å². The lowest BCUT2D eigenvalue weighted by molar-refractivity contribution is 0.0845. The molecule has 18 heavy (non-hydrogen) atoms. The van der Waals surface area contributed by atoms with Crippen LogP contribution in [0.4, 0.5) is 0 Å². The van der Waals surface area contributed by atoms with Gasteiger partial charge in [0.25, 0.3) is 0 Å². The summed E-state index contributed by atoms with van der Waals surface area (Å²) in [5.74, 6) is 0.210. The third-order valence-electron chi connectivity index (χ3n) is 3.75. The molecule has 2 nitrogen and oxygen atoms in total. The van der Waals surface area contributed by atoms with Gasteiger partial charge >= 0.3 is 0 Å². The standard InChI is InChI=1S/C15H20BrNO/c1-15(2)7-9-17(10-8-15)11-14(18)12-5-3-4-6-13(12)16/h3-6H,7-11H2,1-2H3. The fourth-order valence-corrected chi connectivity index (χ4v) is 2.80. The second-order valence-electron chi connectivity index (χ2n) is 5.84. The first-order chi connectivity index (χ1) is 8.48. The van der Waals surface area contributed by atoms with Crippen LogP contribution < -0.4 is 0 Å². The van der Waals surface area contributed by atoms with Crippen molar-refractivity contribution in [1.82, 2.24) is 4.90 Å². The van der Waals surface area contributed by atoms with E-state index in [0.29, 0.717) is 12.0 Å². The summed E-state index contributed by atoms with van der Waals surface area (Å²) in [7, 11) is 0. The Labute approximate surface area is 117 Å². The number of likely N-dealkylation sites (tertiary alicyclic amines) is 1. The second kappa shape index (κ2) is 5.54. The Balaban J connectivity index is 1.95. The van der Waals surface area contributed by atoms with Gasteiger partial charge < -0.3 is 0 Å². The Morgan fingerprint density at radius 3 is 2.50 bits per heavy atom. The minimum absolute atomic E-state index is 0.210. The maximum absolute atomic E-state index is 12.2. The first-order valence-electron chi connectivity index (χ1n) is 6.48. The highest BCUT2D eigenvalue weighted by molar-refractivity contribution is 9.10. The van der Waals surface area contributed by atoms with E-state index >= 15 is 0 Å². The van der Waals surface area contributed by atoms with Crippen LogP contribution >= 0.6 is 15.9 Å². The highest BCUT2D eigenvalue weighted by atomic mass is 79.9. The summed E-state index contributed by atoms with van der Waals surface area (Å²) in [6.07, 6.45) is 2.35. The first-order valence-corrected chi connectivity index (χ1v) is 7.27. The van der Waals surface area contributed by atoms with Crippen LogP contribution in [0.1, 0.15) is 37.0 Å². The molecule has 0 aliphatic carbocycles. The molecule has 0 amide bonds. The maximum Gasteiger partial charge on any atom is 0.177 e. The SMILES string of the molecule is CC1(C)CCN(CC(=O)c2ccccc2Br)CC1. The summed E-state index contributed by atoms with van der Waals surface area (Å²) in [5, 5.41) is 0. The molecule has 1 saturated heterocycles. The molecule has 98 valence electrons. The third kappa shape index (κ3) is 3.42. The average Bonchev–Trinajstić information content (AvgIpc) is 2.32. The van der Waals surface area contributed by atoms with Gasteiger partial charge in [-0.1, -0.05) is 48.0 Å². The van der Waals surface area contributed by atoms with Crippen molar-refractivity contribution in [1.29, 1.82) is 0 Å². The summed E-state index contributed by atoms with van der Waals surface area (Å²) in [6.45, 7) is 7.21. The van der Waals surface area contributed by atoms with Crippen molar-refractivity contribution in [2.45, 2.75) is 26.7 Å². The molecule has 0 N–H and O–H groups in total. The van der Waals surface area contributed by atoms with Crippen molar-refractivity contribution < 1.29 is 4.79 Å². The molecule has 0 unspecified atom stereocenters. The van der Waals surface area contributed by atoms with Gasteiger partial charge in [-0.3, -0.25) is 9.69 Å². The summed E-state index contributed by atoms with van der Waals surface area (Å²) in [5.41, 5.74) is 1.23. The summed E-state index contributed by atoms with van der Waals surface area (Å²) >= 11 is 3.44. The molecule has 0 saturated carbocycles. The number of hydrogen-bond donors (Lipinski definition) is 0. The van der Waals surface area contributed by atoms with Crippen molar-refractivity contribution in [2.75, 3.05) is 19.6 Å². The predicted molar refractivity (Wildman–Crippen MR) is 77.9 cm³/mol. The van der Waals surface area contributed by atoms with Gasteiger partial charge in [-0.2, -0.15) is 0 Å². The van der Waals surface area contributed by atoms with E-state index in [1.165, 1.54) is 12.8 Å². The molecule has 0 atom stereocenters. The van der Waals surface area contributed by atoms with Gasteiger partial charge in [-0.25, -0.2) is 0 Å². The van der Waals surface area contributed by atoms with Crippen molar-refractivity contribution in [3.05, 3.63) is 34.3 Å². The lowest BCUT2D eigenvalue weighted by Gasteiger charge is -2.36. The van der Waals surface area contributed by atoms with E-state index in [1.807, 2.05) is 24.3 Å².